The van der Waals surface area contributed by atoms with Gasteiger partial charge in [0.05, 0.1) is 25.8 Å². The summed E-state index contributed by atoms with van der Waals surface area (Å²) in [6.07, 6.45) is -0.179. The molecule has 1 fully saturated rings. The highest BCUT2D eigenvalue weighted by atomic mass is 16.5. The molecule has 0 spiro atoms. The number of hydrogen-bond acceptors (Lipinski definition) is 6. The zero-order chi connectivity index (χ0) is 23.7. The lowest BCUT2D eigenvalue weighted by molar-refractivity contribution is -0.157. The maximum atomic E-state index is 13.1. The van der Waals surface area contributed by atoms with Crippen LogP contribution in [-0.2, 0) is 25.5 Å². The van der Waals surface area contributed by atoms with Crippen molar-refractivity contribution in [3.05, 3.63) is 48.0 Å². The molecule has 0 saturated carbocycles. The van der Waals surface area contributed by atoms with E-state index in [0.717, 1.165) is 17.7 Å². The molecular weight excluding hydrogens is 424 g/mol. The number of methoxy groups -OCH3 is 2. The van der Waals surface area contributed by atoms with E-state index in [1.54, 1.807) is 37.1 Å². The topological polar surface area (TPSA) is 85.4 Å². The van der Waals surface area contributed by atoms with Crippen LogP contribution in [0.1, 0.15) is 25.8 Å². The van der Waals surface area contributed by atoms with Crippen LogP contribution in [-0.4, -0.2) is 50.7 Å². The van der Waals surface area contributed by atoms with Crippen molar-refractivity contribution in [2.45, 2.75) is 38.8 Å². The third-order valence-electron chi connectivity index (χ3n) is 6.22. The molecule has 2 amide bonds. The molecule has 0 radical (unpaired) electrons. The normalized spacial score (nSPS) is 20.4. The van der Waals surface area contributed by atoms with Crippen LogP contribution in [0, 0.1) is 5.92 Å². The Morgan fingerprint density at radius 1 is 1.03 bits per heavy atom. The maximum absolute atomic E-state index is 13.1. The number of hydrogen-bond donors (Lipinski definition) is 0. The highest BCUT2D eigenvalue weighted by molar-refractivity contribution is 6.02. The first-order chi connectivity index (χ1) is 15.8. The van der Waals surface area contributed by atoms with Crippen molar-refractivity contribution in [3.8, 4) is 11.5 Å². The average molecular weight is 453 g/mol. The molecule has 2 aliphatic rings. The van der Waals surface area contributed by atoms with Crippen LogP contribution in [0.5, 0.6) is 11.5 Å². The highest BCUT2D eigenvalue weighted by Crippen LogP contribution is 2.36. The minimum Gasteiger partial charge on any atom is -0.497 e. The number of anilines is 2. The molecule has 2 aromatic rings. The molecule has 0 aliphatic carbocycles. The molecule has 33 heavy (non-hydrogen) atoms. The van der Waals surface area contributed by atoms with Crippen LogP contribution >= 0.6 is 0 Å². The second kappa shape index (κ2) is 9.13. The van der Waals surface area contributed by atoms with Crippen LogP contribution in [0.3, 0.4) is 0 Å². The summed E-state index contributed by atoms with van der Waals surface area (Å²) in [5, 5.41) is 0. The Morgan fingerprint density at radius 2 is 1.79 bits per heavy atom. The molecule has 3 atom stereocenters. The Bertz CT molecular complexity index is 1080. The van der Waals surface area contributed by atoms with Gasteiger partial charge in [0.1, 0.15) is 11.5 Å². The standard InChI is InChI=1S/C25H28N2O6/c1-15-11-17-7-5-6-8-20(17)27(15)24(29)16(2)33-25(30)18-12-23(28)26(14-18)21-10-9-19(31-3)13-22(21)32-4/h5-10,13,15-16,18H,11-12,14H2,1-4H3/t15-,16+,18-/m1/s1. The highest BCUT2D eigenvalue weighted by Gasteiger charge is 2.40. The van der Waals surface area contributed by atoms with Crippen molar-refractivity contribution in [1.29, 1.82) is 0 Å². The first kappa shape index (κ1) is 22.6. The molecule has 2 aliphatic heterocycles. The van der Waals surface area contributed by atoms with Gasteiger partial charge in [-0.3, -0.25) is 14.4 Å². The summed E-state index contributed by atoms with van der Waals surface area (Å²) in [7, 11) is 3.06. The smallest absolute Gasteiger partial charge is 0.312 e. The van der Waals surface area contributed by atoms with Crippen molar-refractivity contribution < 1.29 is 28.6 Å². The third kappa shape index (κ3) is 4.25. The van der Waals surface area contributed by atoms with E-state index in [9.17, 15) is 14.4 Å². The molecular formula is C25H28N2O6. The van der Waals surface area contributed by atoms with E-state index >= 15 is 0 Å². The van der Waals surface area contributed by atoms with Crippen molar-refractivity contribution in [3.63, 3.8) is 0 Å². The average Bonchev–Trinajstić information content (AvgIpc) is 3.37. The number of esters is 1. The predicted octanol–water partition coefficient (Wildman–Crippen LogP) is 2.97. The third-order valence-corrected chi connectivity index (χ3v) is 6.22. The van der Waals surface area contributed by atoms with Gasteiger partial charge < -0.3 is 24.0 Å². The Balaban J connectivity index is 1.43. The lowest BCUT2D eigenvalue weighted by Gasteiger charge is -2.26. The number of amides is 2. The van der Waals surface area contributed by atoms with E-state index in [1.165, 1.54) is 12.0 Å². The Kier molecular flexibility index (Phi) is 6.26. The Hall–Kier alpha value is -3.55. The molecule has 174 valence electrons. The fourth-order valence-corrected chi connectivity index (χ4v) is 4.52. The summed E-state index contributed by atoms with van der Waals surface area (Å²) in [5.74, 6) is -0.618. The van der Waals surface area contributed by atoms with Gasteiger partial charge in [0.25, 0.3) is 5.91 Å². The molecule has 0 bridgehead atoms. The first-order valence-electron chi connectivity index (χ1n) is 11.0. The number of nitrogens with zero attached hydrogens (tertiary/aromatic N) is 2. The zero-order valence-electron chi connectivity index (χ0n) is 19.2. The molecule has 2 heterocycles. The monoisotopic (exact) mass is 452 g/mol. The van der Waals surface area contributed by atoms with Gasteiger partial charge in [0.15, 0.2) is 6.10 Å². The number of fused-ring (bicyclic) bond motifs is 1. The van der Waals surface area contributed by atoms with E-state index in [1.807, 2.05) is 31.2 Å². The van der Waals surface area contributed by atoms with Crippen LogP contribution in [0.15, 0.2) is 42.5 Å². The van der Waals surface area contributed by atoms with Crippen molar-refractivity contribution in [2.75, 3.05) is 30.6 Å². The Labute approximate surface area is 193 Å². The van der Waals surface area contributed by atoms with E-state index in [4.69, 9.17) is 14.2 Å². The number of para-hydroxylation sites is 1. The Morgan fingerprint density at radius 3 is 2.52 bits per heavy atom. The van der Waals surface area contributed by atoms with Gasteiger partial charge in [0.2, 0.25) is 5.91 Å². The van der Waals surface area contributed by atoms with E-state index in [2.05, 4.69) is 0 Å². The van der Waals surface area contributed by atoms with Gasteiger partial charge in [-0.25, -0.2) is 0 Å². The summed E-state index contributed by atoms with van der Waals surface area (Å²) < 4.78 is 16.1. The molecule has 8 nitrogen and oxygen atoms in total. The number of carbonyl (C=O) groups is 3. The van der Waals surface area contributed by atoms with Gasteiger partial charge in [-0.1, -0.05) is 18.2 Å². The van der Waals surface area contributed by atoms with E-state index in [-0.39, 0.29) is 30.8 Å². The lowest BCUT2D eigenvalue weighted by Crippen LogP contribution is -2.43. The molecule has 8 heteroatoms. The van der Waals surface area contributed by atoms with E-state index in [0.29, 0.717) is 17.2 Å². The summed E-state index contributed by atoms with van der Waals surface area (Å²) in [6.45, 7) is 3.71. The zero-order valence-corrected chi connectivity index (χ0v) is 19.2. The summed E-state index contributed by atoms with van der Waals surface area (Å²) in [4.78, 5) is 41.8. The van der Waals surface area contributed by atoms with Crippen molar-refractivity contribution >= 4 is 29.2 Å². The second-order valence-electron chi connectivity index (χ2n) is 8.41. The second-order valence-corrected chi connectivity index (χ2v) is 8.41. The fraction of sp³-hybridized carbons (Fsp3) is 0.400. The molecule has 4 rings (SSSR count). The SMILES string of the molecule is COc1ccc(N2C[C@H](C(=O)O[C@@H](C)C(=O)N3c4ccccc4C[C@H]3C)CC2=O)c(OC)c1. The van der Waals surface area contributed by atoms with Crippen molar-refractivity contribution in [1.82, 2.24) is 0 Å². The molecule has 0 aromatic heterocycles. The minimum absolute atomic E-state index is 0.0118. The van der Waals surface area contributed by atoms with Gasteiger partial charge >= 0.3 is 5.97 Å². The number of carbonyl (C=O) groups excluding carboxylic acids is 3. The van der Waals surface area contributed by atoms with Gasteiger partial charge in [-0.05, 0) is 44.0 Å². The molecule has 0 N–H and O–H groups in total. The number of rotatable bonds is 6. The first-order valence-corrected chi connectivity index (χ1v) is 11.0. The number of benzene rings is 2. The summed E-state index contributed by atoms with van der Waals surface area (Å²) in [6, 6.07) is 12.9. The molecule has 0 unspecified atom stereocenters. The van der Waals surface area contributed by atoms with Gasteiger partial charge in [-0.15, -0.1) is 0 Å². The minimum atomic E-state index is -0.953. The van der Waals surface area contributed by atoms with E-state index < -0.39 is 18.0 Å². The maximum Gasteiger partial charge on any atom is 0.312 e. The largest absolute Gasteiger partial charge is 0.497 e. The number of ether oxygens (including phenoxy) is 3. The quantitative estimate of drug-likeness (QED) is 0.627. The lowest BCUT2D eigenvalue weighted by atomic mass is 10.1. The van der Waals surface area contributed by atoms with Crippen LogP contribution in [0.25, 0.3) is 0 Å². The molecule has 2 aromatic carbocycles. The van der Waals surface area contributed by atoms with Gasteiger partial charge in [0, 0.05) is 30.8 Å². The fourth-order valence-electron chi connectivity index (χ4n) is 4.52. The van der Waals surface area contributed by atoms with Gasteiger partial charge in [-0.2, -0.15) is 0 Å². The van der Waals surface area contributed by atoms with Crippen molar-refractivity contribution in [2.24, 2.45) is 5.92 Å². The predicted molar refractivity (Wildman–Crippen MR) is 123 cm³/mol. The van der Waals surface area contributed by atoms with Crippen LogP contribution in [0.2, 0.25) is 0 Å². The van der Waals surface area contributed by atoms with Crippen LogP contribution in [0.4, 0.5) is 11.4 Å². The molecule has 1 saturated heterocycles. The van der Waals surface area contributed by atoms with Crippen LogP contribution < -0.4 is 19.3 Å². The summed E-state index contributed by atoms with van der Waals surface area (Å²) in [5.41, 5.74) is 2.51. The summed E-state index contributed by atoms with van der Waals surface area (Å²) >= 11 is 0.